The molecule has 58 heavy (non-hydrogen) atoms. The van der Waals surface area contributed by atoms with Crippen molar-refractivity contribution in [3.05, 3.63) is 260 Å². The van der Waals surface area contributed by atoms with E-state index < -0.39 is 5.41 Å². The molecule has 10 rings (SSSR count). The van der Waals surface area contributed by atoms with Crippen molar-refractivity contribution < 1.29 is 4.11 Å². The minimum atomic E-state index is -1.02. The third kappa shape index (κ3) is 5.63. The molecule has 1 unspecified atom stereocenters. The van der Waals surface area contributed by atoms with Crippen LogP contribution in [0, 0.1) is 0 Å². The quantitative estimate of drug-likeness (QED) is 0.105. The maximum absolute atomic E-state index is 10.5. The standard InChI is InChI=1S/C57H41N/c1-3-18-44(4-2)57(45-23-9-6-10-24-45)55-30-16-15-29-52(55)53-36-35-48(39-56(53)57)58(47-25-17-22-42(37-47)40-19-7-5-8-20-40)46-33-31-41(32-34-46)54-38-43-21-11-12-26-49(43)50-27-13-14-28-51(50)54/h3-39H,1-2H2/b44-18+/i35D,36D,39D. The number of nitrogens with zero attached hydrogens (tertiary/aromatic N) is 1. The van der Waals surface area contributed by atoms with Gasteiger partial charge >= 0.3 is 0 Å². The lowest BCUT2D eigenvalue weighted by molar-refractivity contribution is 0.767. The summed E-state index contributed by atoms with van der Waals surface area (Å²) in [5.74, 6) is 0. The molecule has 0 aliphatic heterocycles. The number of allylic oxidation sites excluding steroid dienone is 4. The number of rotatable bonds is 9. The van der Waals surface area contributed by atoms with Gasteiger partial charge in [0, 0.05) is 17.1 Å². The zero-order chi connectivity index (χ0) is 41.7. The number of fused-ring (bicyclic) bond motifs is 6. The van der Waals surface area contributed by atoms with Gasteiger partial charge in [-0.2, -0.15) is 0 Å². The molecule has 1 nitrogen and oxygen atoms in total. The summed E-state index contributed by atoms with van der Waals surface area (Å²) < 4.78 is 30.3. The highest BCUT2D eigenvalue weighted by Gasteiger charge is 2.46. The number of hydrogen-bond donors (Lipinski definition) is 0. The van der Waals surface area contributed by atoms with Crippen molar-refractivity contribution in [3.63, 3.8) is 0 Å². The topological polar surface area (TPSA) is 3.24 Å². The fraction of sp³-hybridized carbons (Fsp3) is 0.0175. The minimum absolute atomic E-state index is 0.0232. The van der Waals surface area contributed by atoms with Gasteiger partial charge in [0.15, 0.2) is 0 Å². The number of anilines is 3. The van der Waals surface area contributed by atoms with Gasteiger partial charge in [-0.15, -0.1) is 0 Å². The van der Waals surface area contributed by atoms with Crippen molar-refractivity contribution in [1.82, 2.24) is 0 Å². The molecule has 0 bridgehead atoms. The summed E-state index contributed by atoms with van der Waals surface area (Å²) in [4.78, 5) is 2.00. The molecule has 0 heterocycles. The van der Waals surface area contributed by atoms with Crippen LogP contribution in [0.5, 0.6) is 0 Å². The Morgan fingerprint density at radius 1 is 0.483 bits per heavy atom. The van der Waals surface area contributed by atoms with E-state index in [1.807, 2.05) is 83.8 Å². The van der Waals surface area contributed by atoms with Crippen LogP contribution in [0.1, 0.15) is 20.8 Å². The molecule has 0 radical (unpaired) electrons. The van der Waals surface area contributed by atoms with Crippen LogP contribution in [-0.2, 0) is 5.41 Å². The summed E-state index contributed by atoms with van der Waals surface area (Å²) in [7, 11) is 0. The fourth-order valence-electron chi connectivity index (χ4n) is 9.03. The molecular weight excluding hydrogens is 699 g/mol. The summed E-state index contributed by atoms with van der Waals surface area (Å²) in [5.41, 5.74) is 9.88. The normalized spacial score (nSPS) is 15.2. The molecule has 274 valence electrons. The Morgan fingerprint density at radius 2 is 1.16 bits per heavy atom. The monoisotopic (exact) mass is 742 g/mol. The Bertz CT molecular complexity index is 3200. The van der Waals surface area contributed by atoms with Crippen molar-refractivity contribution in [1.29, 1.82) is 0 Å². The van der Waals surface area contributed by atoms with E-state index in [9.17, 15) is 4.11 Å². The van der Waals surface area contributed by atoms with E-state index in [2.05, 4.69) is 134 Å². The Labute approximate surface area is 345 Å². The van der Waals surface area contributed by atoms with Crippen LogP contribution in [0.4, 0.5) is 17.1 Å². The van der Waals surface area contributed by atoms with Crippen LogP contribution >= 0.6 is 0 Å². The van der Waals surface area contributed by atoms with Crippen molar-refractivity contribution in [3.8, 4) is 33.4 Å². The Kier molecular flexibility index (Phi) is 7.95. The van der Waals surface area contributed by atoms with E-state index in [1.54, 1.807) is 6.08 Å². The molecule has 0 amide bonds. The first kappa shape index (κ1) is 31.7. The van der Waals surface area contributed by atoms with Crippen molar-refractivity contribution in [2.75, 3.05) is 4.90 Å². The molecule has 9 aromatic rings. The summed E-state index contributed by atoms with van der Waals surface area (Å²) in [6.07, 6.45) is 5.56. The van der Waals surface area contributed by atoms with Gasteiger partial charge in [-0.3, -0.25) is 0 Å². The first-order chi connectivity index (χ1) is 29.9. The van der Waals surface area contributed by atoms with E-state index in [1.165, 1.54) is 21.5 Å². The molecule has 0 N–H and O–H groups in total. The Morgan fingerprint density at radius 3 is 1.93 bits per heavy atom. The number of benzene rings is 9. The molecule has 9 aromatic carbocycles. The predicted octanol–water partition coefficient (Wildman–Crippen LogP) is 15.4. The highest BCUT2D eigenvalue weighted by molar-refractivity contribution is 6.13. The Balaban J connectivity index is 1.26. The zero-order valence-electron chi connectivity index (χ0n) is 35.0. The van der Waals surface area contributed by atoms with Crippen molar-refractivity contribution in [2.45, 2.75) is 5.41 Å². The maximum atomic E-state index is 10.5. The second-order valence-electron chi connectivity index (χ2n) is 14.7. The molecule has 0 saturated carbocycles. The molecule has 0 spiro atoms. The molecule has 1 aliphatic carbocycles. The van der Waals surface area contributed by atoms with Gasteiger partial charge in [0.25, 0.3) is 0 Å². The largest absolute Gasteiger partial charge is 0.310 e. The van der Waals surface area contributed by atoms with Gasteiger partial charge in [0.05, 0.1) is 9.53 Å². The van der Waals surface area contributed by atoms with Crippen molar-refractivity contribution >= 4 is 38.6 Å². The lowest BCUT2D eigenvalue weighted by Crippen LogP contribution is -2.29. The van der Waals surface area contributed by atoms with Gasteiger partial charge in [0.2, 0.25) is 0 Å². The maximum Gasteiger partial charge on any atom is 0.0714 e. The van der Waals surface area contributed by atoms with Gasteiger partial charge < -0.3 is 4.90 Å². The first-order valence-corrected chi connectivity index (χ1v) is 19.7. The highest BCUT2D eigenvalue weighted by Crippen LogP contribution is 2.57. The summed E-state index contributed by atoms with van der Waals surface area (Å²) in [5, 5.41) is 4.76. The highest BCUT2D eigenvalue weighted by atomic mass is 15.1. The molecule has 0 saturated heterocycles. The van der Waals surface area contributed by atoms with Crippen LogP contribution in [0.25, 0.3) is 54.9 Å². The second-order valence-corrected chi connectivity index (χ2v) is 14.7. The smallest absolute Gasteiger partial charge is 0.0714 e. The molecule has 1 heteroatoms. The van der Waals surface area contributed by atoms with E-state index in [4.69, 9.17) is 0 Å². The lowest BCUT2D eigenvalue weighted by atomic mass is 9.67. The van der Waals surface area contributed by atoms with E-state index in [-0.39, 0.29) is 18.1 Å². The molecule has 1 aliphatic rings. The van der Waals surface area contributed by atoms with Gasteiger partial charge in [-0.1, -0.05) is 195 Å². The minimum Gasteiger partial charge on any atom is -0.310 e. The van der Waals surface area contributed by atoms with Crippen LogP contribution in [0.3, 0.4) is 0 Å². The lowest BCUT2D eigenvalue weighted by Gasteiger charge is -2.35. The van der Waals surface area contributed by atoms with Gasteiger partial charge in [-0.05, 0) is 120 Å². The molecule has 0 aromatic heterocycles. The van der Waals surface area contributed by atoms with Crippen molar-refractivity contribution in [2.24, 2.45) is 0 Å². The Hall–Kier alpha value is -7.48. The van der Waals surface area contributed by atoms with Crippen LogP contribution in [0.15, 0.2) is 243 Å². The average Bonchev–Trinajstić information content (AvgIpc) is 3.64. The molecular formula is C57H41N. The number of hydrogen-bond acceptors (Lipinski definition) is 1. The van der Waals surface area contributed by atoms with E-state index >= 15 is 0 Å². The molecule has 0 fully saturated rings. The van der Waals surface area contributed by atoms with E-state index in [0.29, 0.717) is 16.8 Å². The first-order valence-electron chi connectivity index (χ1n) is 21.2. The zero-order valence-corrected chi connectivity index (χ0v) is 32.0. The SMILES string of the molecule is [2H]c1c([2H])c(N(c2ccc(-c3cc4ccccc4c4ccccc34)cc2)c2cccc(-c3ccccc3)c2)c([2H])c2c1-c1ccccc1C2(/C(C=C)=C/C=C)c1ccccc1. The van der Waals surface area contributed by atoms with Crippen LogP contribution < -0.4 is 4.90 Å². The van der Waals surface area contributed by atoms with Crippen LogP contribution in [-0.4, -0.2) is 0 Å². The van der Waals surface area contributed by atoms with Gasteiger partial charge in [0.1, 0.15) is 0 Å². The summed E-state index contributed by atoms with van der Waals surface area (Å²) in [6.45, 7) is 8.38. The summed E-state index contributed by atoms with van der Waals surface area (Å²) >= 11 is 0. The predicted molar refractivity (Wildman–Crippen MR) is 247 cm³/mol. The third-order valence-corrected chi connectivity index (χ3v) is 11.6. The second kappa shape index (κ2) is 14.5. The fourth-order valence-corrected chi connectivity index (χ4v) is 9.03. The molecule has 1 atom stereocenters. The van der Waals surface area contributed by atoms with Gasteiger partial charge in [-0.25, -0.2) is 0 Å². The average molecular weight is 743 g/mol. The third-order valence-electron chi connectivity index (χ3n) is 11.6. The van der Waals surface area contributed by atoms with E-state index in [0.717, 1.165) is 55.9 Å². The van der Waals surface area contributed by atoms with Crippen LogP contribution in [0.2, 0.25) is 0 Å². The summed E-state index contributed by atoms with van der Waals surface area (Å²) in [6, 6.07) is 64.7.